The van der Waals surface area contributed by atoms with E-state index in [-0.39, 0.29) is 17.9 Å². The summed E-state index contributed by atoms with van der Waals surface area (Å²) < 4.78 is 1.95. The second-order valence-electron chi connectivity index (χ2n) is 5.93. The number of carbonyl (C=O) groups is 2. The Morgan fingerprint density at radius 2 is 2.17 bits per heavy atom. The van der Waals surface area contributed by atoms with Crippen LogP contribution in [-0.2, 0) is 16.0 Å². The first kappa shape index (κ1) is 17.0. The molecule has 124 valence electrons. The van der Waals surface area contributed by atoms with E-state index >= 15 is 0 Å². The zero-order chi connectivity index (χ0) is 17.0. The summed E-state index contributed by atoms with van der Waals surface area (Å²) in [5, 5.41) is 2.91. The van der Waals surface area contributed by atoms with E-state index in [9.17, 15) is 9.59 Å². The Balaban J connectivity index is 1.87. The number of hydrogen-bond acceptors (Lipinski definition) is 3. The van der Waals surface area contributed by atoms with Gasteiger partial charge in [-0.25, -0.2) is 4.98 Å². The Labute approximate surface area is 136 Å². The number of imidazole rings is 1. The van der Waals surface area contributed by atoms with Gasteiger partial charge in [-0.15, -0.1) is 0 Å². The molecule has 0 fully saturated rings. The van der Waals surface area contributed by atoms with Crippen LogP contribution in [0.25, 0.3) is 5.65 Å². The fraction of sp³-hybridized carbons (Fsp3) is 0.471. The van der Waals surface area contributed by atoms with Gasteiger partial charge in [-0.2, -0.15) is 0 Å². The normalized spacial score (nSPS) is 12.2. The van der Waals surface area contributed by atoms with Crippen molar-refractivity contribution in [1.29, 1.82) is 0 Å². The molecular formula is C17H24N4O2. The Kier molecular flexibility index (Phi) is 5.36. The first-order chi connectivity index (χ1) is 10.9. The van der Waals surface area contributed by atoms with Gasteiger partial charge < -0.3 is 14.6 Å². The first-order valence-corrected chi connectivity index (χ1v) is 7.81. The molecule has 6 nitrogen and oxygen atoms in total. The second kappa shape index (κ2) is 7.26. The maximum Gasteiger partial charge on any atom is 0.226 e. The van der Waals surface area contributed by atoms with Crippen LogP contribution in [-0.4, -0.2) is 45.7 Å². The molecule has 2 aromatic rings. The standard InChI is InChI=1S/C17H24N4O2/c1-12-6-5-9-21-15(11-19-17(12)21)10-16(23)18-8-7-13(2)20(4)14(3)22/h5-6,9,11,13H,7-8,10H2,1-4H3,(H,18,23). The van der Waals surface area contributed by atoms with Crippen LogP contribution in [0.15, 0.2) is 24.5 Å². The molecule has 0 saturated heterocycles. The summed E-state index contributed by atoms with van der Waals surface area (Å²) >= 11 is 0. The van der Waals surface area contributed by atoms with E-state index < -0.39 is 0 Å². The van der Waals surface area contributed by atoms with Crippen LogP contribution >= 0.6 is 0 Å². The van der Waals surface area contributed by atoms with Crippen molar-refractivity contribution < 1.29 is 9.59 Å². The summed E-state index contributed by atoms with van der Waals surface area (Å²) in [5.41, 5.74) is 2.84. The summed E-state index contributed by atoms with van der Waals surface area (Å²) in [6.07, 6.45) is 4.69. The molecule has 2 aromatic heterocycles. The summed E-state index contributed by atoms with van der Waals surface area (Å²) in [6, 6.07) is 4.05. The number of pyridine rings is 1. The minimum absolute atomic E-state index is 0.0323. The van der Waals surface area contributed by atoms with Gasteiger partial charge in [0.1, 0.15) is 5.65 Å². The molecule has 1 N–H and O–H groups in total. The third kappa shape index (κ3) is 4.09. The number of fused-ring (bicyclic) bond motifs is 1. The third-order valence-electron chi connectivity index (χ3n) is 4.19. The number of amides is 2. The number of rotatable bonds is 6. The number of aromatic nitrogens is 2. The molecule has 0 saturated carbocycles. The molecule has 6 heteroatoms. The van der Waals surface area contributed by atoms with Gasteiger partial charge in [0.25, 0.3) is 0 Å². The lowest BCUT2D eigenvalue weighted by Gasteiger charge is -2.23. The molecule has 0 aliphatic rings. The maximum absolute atomic E-state index is 12.1. The Morgan fingerprint density at radius 3 is 2.87 bits per heavy atom. The fourth-order valence-electron chi connectivity index (χ4n) is 2.48. The molecule has 2 rings (SSSR count). The predicted molar refractivity (Wildman–Crippen MR) is 89.2 cm³/mol. The van der Waals surface area contributed by atoms with Crippen molar-refractivity contribution in [3.8, 4) is 0 Å². The summed E-state index contributed by atoms with van der Waals surface area (Å²) in [7, 11) is 1.77. The number of nitrogens with one attached hydrogen (secondary N) is 1. The van der Waals surface area contributed by atoms with E-state index in [1.807, 2.05) is 36.6 Å². The molecular weight excluding hydrogens is 292 g/mol. The van der Waals surface area contributed by atoms with Gasteiger partial charge in [-0.1, -0.05) is 6.07 Å². The van der Waals surface area contributed by atoms with Crippen LogP contribution in [0, 0.1) is 6.92 Å². The van der Waals surface area contributed by atoms with Crippen molar-refractivity contribution in [1.82, 2.24) is 19.6 Å². The van der Waals surface area contributed by atoms with E-state index in [2.05, 4.69) is 10.3 Å². The maximum atomic E-state index is 12.1. The largest absolute Gasteiger partial charge is 0.356 e. The van der Waals surface area contributed by atoms with Gasteiger partial charge in [0.15, 0.2) is 0 Å². The van der Waals surface area contributed by atoms with Crippen molar-refractivity contribution in [3.63, 3.8) is 0 Å². The highest BCUT2D eigenvalue weighted by Gasteiger charge is 2.13. The van der Waals surface area contributed by atoms with Crippen LogP contribution in [0.5, 0.6) is 0 Å². The molecule has 0 bridgehead atoms. The van der Waals surface area contributed by atoms with Gasteiger partial charge in [-0.05, 0) is 31.9 Å². The van der Waals surface area contributed by atoms with Crippen molar-refractivity contribution in [2.45, 2.75) is 39.7 Å². The zero-order valence-corrected chi connectivity index (χ0v) is 14.2. The smallest absolute Gasteiger partial charge is 0.226 e. The highest BCUT2D eigenvalue weighted by molar-refractivity contribution is 5.78. The number of hydrogen-bond donors (Lipinski definition) is 1. The van der Waals surface area contributed by atoms with Crippen LogP contribution < -0.4 is 5.32 Å². The Hall–Kier alpha value is -2.37. The highest BCUT2D eigenvalue weighted by atomic mass is 16.2. The SMILES string of the molecule is CC(=O)N(C)C(C)CCNC(=O)Cc1cnc2c(C)cccn12. The quantitative estimate of drug-likeness (QED) is 0.879. The summed E-state index contributed by atoms with van der Waals surface area (Å²) in [4.78, 5) is 29.4. The van der Waals surface area contributed by atoms with Crippen LogP contribution in [0.3, 0.4) is 0 Å². The first-order valence-electron chi connectivity index (χ1n) is 7.81. The number of carbonyl (C=O) groups excluding carboxylic acids is 2. The van der Waals surface area contributed by atoms with Crippen molar-refractivity contribution in [2.24, 2.45) is 0 Å². The lowest BCUT2D eigenvalue weighted by Crippen LogP contribution is -2.36. The summed E-state index contributed by atoms with van der Waals surface area (Å²) in [5.74, 6) is -0.00379. The van der Waals surface area contributed by atoms with Crippen molar-refractivity contribution >= 4 is 17.5 Å². The van der Waals surface area contributed by atoms with E-state index in [1.54, 1.807) is 25.1 Å². The Morgan fingerprint density at radius 1 is 1.43 bits per heavy atom. The molecule has 0 aliphatic heterocycles. The molecule has 0 spiro atoms. The minimum Gasteiger partial charge on any atom is -0.356 e. The monoisotopic (exact) mass is 316 g/mol. The molecule has 0 aromatic carbocycles. The van der Waals surface area contributed by atoms with E-state index in [1.165, 1.54) is 0 Å². The van der Waals surface area contributed by atoms with E-state index in [0.29, 0.717) is 13.0 Å². The number of aryl methyl sites for hydroxylation is 1. The highest BCUT2D eigenvalue weighted by Crippen LogP contribution is 2.11. The van der Waals surface area contributed by atoms with E-state index in [0.717, 1.165) is 23.3 Å². The molecule has 2 amide bonds. The van der Waals surface area contributed by atoms with E-state index in [4.69, 9.17) is 0 Å². The molecule has 0 aliphatic carbocycles. The van der Waals surface area contributed by atoms with Gasteiger partial charge in [0.05, 0.1) is 12.1 Å². The Bertz CT molecular complexity index is 708. The lowest BCUT2D eigenvalue weighted by atomic mass is 10.2. The topological polar surface area (TPSA) is 66.7 Å². The average Bonchev–Trinajstić information content (AvgIpc) is 2.90. The van der Waals surface area contributed by atoms with Crippen LogP contribution in [0.2, 0.25) is 0 Å². The predicted octanol–water partition coefficient (Wildman–Crippen LogP) is 1.56. The molecule has 2 heterocycles. The summed E-state index contributed by atoms with van der Waals surface area (Å²) in [6.45, 7) is 6.06. The van der Waals surface area contributed by atoms with Crippen LogP contribution in [0.1, 0.15) is 31.5 Å². The third-order valence-corrected chi connectivity index (χ3v) is 4.19. The van der Waals surface area contributed by atoms with Gasteiger partial charge >= 0.3 is 0 Å². The number of nitrogens with zero attached hydrogens (tertiary/aromatic N) is 3. The minimum atomic E-state index is -0.0361. The van der Waals surface area contributed by atoms with Gasteiger partial charge in [0, 0.05) is 39.0 Å². The van der Waals surface area contributed by atoms with Crippen molar-refractivity contribution in [2.75, 3.05) is 13.6 Å². The van der Waals surface area contributed by atoms with Crippen LogP contribution in [0.4, 0.5) is 0 Å². The molecule has 1 unspecified atom stereocenters. The molecule has 1 atom stereocenters. The van der Waals surface area contributed by atoms with Gasteiger partial charge in [-0.3, -0.25) is 9.59 Å². The molecule has 23 heavy (non-hydrogen) atoms. The average molecular weight is 316 g/mol. The fourth-order valence-corrected chi connectivity index (χ4v) is 2.48. The second-order valence-corrected chi connectivity index (χ2v) is 5.93. The van der Waals surface area contributed by atoms with Gasteiger partial charge in [0.2, 0.25) is 11.8 Å². The van der Waals surface area contributed by atoms with Crippen molar-refractivity contribution in [3.05, 3.63) is 35.8 Å². The lowest BCUT2D eigenvalue weighted by molar-refractivity contribution is -0.129. The molecule has 0 radical (unpaired) electrons. The zero-order valence-electron chi connectivity index (χ0n) is 14.2.